The number of carbonyl (C=O) groups is 2. The highest BCUT2D eigenvalue weighted by atomic mass is 19.1. The fraction of sp³-hybridized carbons (Fsp3) is 0.294. The number of amides is 1. The van der Waals surface area contributed by atoms with Gasteiger partial charge in [-0.1, -0.05) is 6.07 Å². The van der Waals surface area contributed by atoms with Gasteiger partial charge in [-0.2, -0.15) is 0 Å². The zero-order valence-electron chi connectivity index (χ0n) is 13.3. The summed E-state index contributed by atoms with van der Waals surface area (Å²) < 4.78 is 36.9. The van der Waals surface area contributed by atoms with E-state index >= 15 is 0 Å². The summed E-state index contributed by atoms with van der Waals surface area (Å²) in [6.45, 7) is 1.75. The second-order valence-corrected chi connectivity index (χ2v) is 5.26. The molecule has 1 heterocycles. The van der Waals surface area contributed by atoms with Crippen LogP contribution >= 0.6 is 0 Å². The maximum absolute atomic E-state index is 14.0. The second-order valence-electron chi connectivity index (χ2n) is 5.26. The van der Waals surface area contributed by atoms with E-state index in [4.69, 9.17) is 4.42 Å². The second kappa shape index (κ2) is 7.72. The van der Waals surface area contributed by atoms with Gasteiger partial charge >= 0.3 is 5.97 Å². The molecule has 2 aromatic rings. The molecule has 1 aromatic carbocycles. The van der Waals surface area contributed by atoms with Crippen LogP contribution in [0.3, 0.4) is 0 Å². The molecule has 7 heteroatoms. The molecule has 128 valence electrons. The van der Waals surface area contributed by atoms with Gasteiger partial charge in [-0.15, -0.1) is 0 Å². The summed E-state index contributed by atoms with van der Waals surface area (Å²) in [5.74, 6) is -1.57. The molecular weight excluding hydrogens is 320 g/mol. The first kappa shape index (κ1) is 17.7. The summed E-state index contributed by atoms with van der Waals surface area (Å²) in [6, 6.07) is 5.35. The molecule has 1 amide bonds. The lowest BCUT2D eigenvalue weighted by atomic mass is 10.0. The smallest absolute Gasteiger partial charge is 0.307 e. The van der Waals surface area contributed by atoms with E-state index in [0.717, 1.165) is 6.07 Å². The number of benzene rings is 1. The number of hydrogen-bond acceptors (Lipinski definition) is 4. The van der Waals surface area contributed by atoms with Crippen LogP contribution < -0.4 is 5.32 Å². The van der Waals surface area contributed by atoms with Gasteiger partial charge in [-0.05, 0) is 25.1 Å². The Balaban J connectivity index is 2.16. The third-order valence-electron chi connectivity index (χ3n) is 3.40. The zero-order valence-corrected chi connectivity index (χ0v) is 13.3. The quantitative estimate of drug-likeness (QED) is 0.823. The number of carbonyl (C=O) groups excluding carboxylic acids is 2. The van der Waals surface area contributed by atoms with Gasteiger partial charge in [0.05, 0.1) is 26.0 Å². The van der Waals surface area contributed by atoms with E-state index in [0.29, 0.717) is 17.6 Å². The minimum atomic E-state index is -0.971. The van der Waals surface area contributed by atoms with E-state index < -0.39 is 29.6 Å². The van der Waals surface area contributed by atoms with Gasteiger partial charge in [0.25, 0.3) is 0 Å². The fourth-order valence-electron chi connectivity index (χ4n) is 2.26. The molecule has 0 fully saturated rings. The Labute approximate surface area is 137 Å². The lowest BCUT2D eigenvalue weighted by Gasteiger charge is -2.18. The largest absolute Gasteiger partial charge is 0.469 e. The standard InChI is InChI=1S/C17H17F2NO4/c1-10-3-5-12(24-10)8-16(21)20-15(9-17(22)23-2)13-6-4-11(18)7-14(13)19/h3-7,15H,8-9H2,1-2H3,(H,20,21)/t15-/m0/s1. The molecule has 5 nitrogen and oxygen atoms in total. The molecule has 0 spiro atoms. The maximum Gasteiger partial charge on any atom is 0.307 e. The number of methoxy groups -OCH3 is 1. The summed E-state index contributed by atoms with van der Waals surface area (Å²) in [4.78, 5) is 23.7. The van der Waals surface area contributed by atoms with Crippen LogP contribution in [0.4, 0.5) is 8.78 Å². The number of aryl methyl sites for hydroxylation is 1. The van der Waals surface area contributed by atoms with Crippen LogP contribution in [0.5, 0.6) is 0 Å². The molecule has 1 atom stereocenters. The first-order valence-electron chi connectivity index (χ1n) is 7.25. The molecule has 0 aliphatic rings. The molecule has 0 radical (unpaired) electrons. The van der Waals surface area contributed by atoms with Crippen molar-refractivity contribution in [2.45, 2.75) is 25.8 Å². The van der Waals surface area contributed by atoms with E-state index in [2.05, 4.69) is 10.1 Å². The topological polar surface area (TPSA) is 68.5 Å². The molecule has 0 saturated heterocycles. The van der Waals surface area contributed by atoms with Crippen molar-refractivity contribution in [1.82, 2.24) is 5.32 Å². The Hall–Kier alpha value is -2.70. The number of furan rings is 1. The minimum absolute atomic E-state index is 0.00535. The third kappa shape index (κ3) is 4.65. The molecule has 0 unspecified atom stereocenters. The van der Waals surface area contributed by atoms with Crippen molar-refractivity contribution in [3.8, 4) is 0 Å². The highest BCUT2D eigenvalue weighted by Crippen LogP contribution is 2.22. The van der Waals surface area contributed by atoms with Gasteiger partial charge in [0.2, 0.25) is 5.91 Å². The van der Waals surface area contributed by atoms with Gasteiger partial charge in [0, 0.05) is 11.6 Å². The normalized spacial score (nSPS) is 11.8. The third-order valence-corrected chi connectivity index (χ3v) is 3.40. The fourth-order valence-corrected chi connectivity index (χ4v) is 2.26. The minimum Gasteiger partial charge on any atom is -0.469 e. The molecule has 0 aliphatic heterocycles. The van der Waals surface area contributed by atoms with Gasteiger partial charge in [-0.25, -0.2) is 8.78 Å². The first-order valence-corrected chi connectivity index (χ1v) is 7.25. The summed E-state index contributed by atoms with van der Waals surface area (Å²) in [7, 11) is 1.19. The number of esters is 1. The Morgan fingerprint density at radius 2 is 2.00 bits per heavy atom. The monoisotopic (exact) mass is 337 g/mol. The summed E-state index contributed by atoms with van der Waals surface area (Å²) in [5.41, 5.74) is 0.00535. The van der Waals surface area contributed by atoms with E-state index in [1.165, 1.54) is 13.2 Å². The predicted octanol–water partition coefficient (Wildman–Crippen LogP) is 2.83. The molecule has 24 heavy (non-hydrogen) atoms. The maximum atomic E-state index is 14.0. The summed E-state index contributed by atoms with van der Waals surface area (Å²) >= 11 is 0. The van der Waals surface area contributed by atoms with Gasteiger partial charge in [-0.3, -0.25) is 9.59 Å². The van der Waals surface area contributed by atoms with E-state index in [-0.39, 0.29) is 18.4 Å². The summed E-state index contributed by atoms with van der Waals surface area (Å²) in [5, 5.41) is 2.55. The van der Waals surface area contributed by atoms with Crippen molar-refractivity contribution in [2.75, 3.05) is 7.11 Å². The van der Waals surface area contributed by atoms with Crippen LogP contribution in [-0.2, 0) is 20.7 Å². The molecule has 0 aliphatic carbocycles. The summed E-state index contributed by atoms with van der Waals surface area (Å²) in [6.07, 6.45) is -0.337. The van der Waals surface area contributed by atoms with Crippen LogP contribution in [0, 0.1) is 18.6 Å². The van der Waals surface area contributed by atoms with E-state index in [1.807, 2.05) is 0 Å². The van der Waals surface area contributed by atoms with Gasteiger partial charge in [0.1, 0.15) is 23.2 Å². The SMILES string of the molecule is COC(=O)C[C@H](NC(=O)Cc1ccc(C)o1)c1ccc(F)cc1F. The Bertz CT molecular complexity index is 742. The number of rotatable bonds is 6. The molecule has 1 N–H and O–H groups in total. The van der Waals surface area contributed by atoms with Crippen molar-refractivity contribution in [3.05, 3.63) is 59.1 Å². The molecule has 0 saturated carbocycles. The average molecular weight is 337 g/mol. The van der Waals surface area contributed by atoms with Crippen LogP contribution in [-0.4, -0.2) is 19.0 Å². The molecule has 1 aromatic heterocycles. The van der Waals surface area contributed by atoms with E-state index in [9.17, 15) is 18.4 Å². The predicted molar refractivity (Wildman–Crippen MR) is 81.0 cm³/mol. The number of nitrogens with one attached hydrogen (secondary N) is 1. The Morgan fingerprint density at radius 3 is 2.58 bits per heavy atom. The van der Waals surface area contributed by atoms with Crippen molar-refractivity contribution in [1.29, 1.82) is 0 Å². The van der Waals surface area contributed by atoms with E-state index in [1.54, 1.807) is 19.1 Å². The lowest BCUT2D eigenvalue weighted by molar-refractivity contribution is -0.141. The van der Waals surface area contributed by atoms with Gasteiger partial charge < -0.3 is 14.5 Å². The van der Waals surface area contributed by atoms with Crippen LogP contribution in [0.15, 0.2) is 34.7 Å². The zero-order chi connectivity index (χ0) is 17.7. The number of hydrogen-bond donors (Lipinski definition) is 1. The average Bonchev–Trinajstić information content (AvgIpc) is 2.91. The van der Waals surface area contributed by atoms with Crippen LogP contribution in [0.2, 0.25) is 0 Å². The van der Waals surface area contributed by atoms with Crippen molar-refractivity contribution in [2.24, 2.45) is 0 Å². The van der Waals surface area contributed by atoms with Crippen molar-refractivity contribution < 1.29 is 27.5 Å². The molecule has 0 bridgehead atoms. The molecule has 2 rings (SSSR count). The molecular formula is C17H17F2NO4. The highest BCUT2D eigenvalue weighted by molar-refractivity contribution is 5.79. The highest BCUT2D eigenvalue weighted by Gasteiger charge is 2.22. The number of halogens is 2. The first-order chi connectivity index (χ1) is 11.4. The Kier molecular flexibility index (Phi) is 5.68. The van der Waals surface area contributed by atoms with Crippen LogP contribution in [0.1, 0.15) is 29.5 Å². The van der Waals surface area contributed by atoms with Crippen LogP contribution in [0.25, 0.3) is 0 Å². The lowest BCUT2D eigenvalue weighted by Crippen LogP contribution is -2.32. The Morgan fingerprint density at radius 1 is 1.25 bits per heavy atom. The van der Waals surface area contributed by atoms with Gasteiger partial charge in [0.15, 0.2) is 0 Å². The number of ether oxygens (including phenoxy) is 1. The van der Waals surface area contributed by atoms with Crippen molar-refractivity contribution >= 4 is 11.9 Å². The van der Waals surface area contributed by atoms with Crippen molar-refractivity contribution in [3.63, 3.8) is 0 Å².